The lowest BCUT2D eigenvalue weighted by Gasteiger charge is -2.13. The van der Waals surface area contributed by atoms with Gasteiger partial charge in [0.25, 0.3) is 5.91 Å². The lowest BCUT2D eigenvalue weighted by molar-refractivity contribution is 0.0993. The Bertz CT molecular complexity index is 734. The first-order valence-corrected chi connectivity index (χ1v) is 7.24. The van der Waals surface area contributed by atoms with Crippen LogP contribution in [0.25, 0.3) is 10.2 Å². The maximum Gasteiger partial charge on any atom is 0.259 e. The molecule has 1 aromatic heterocycles. The van der Waals surface area contributed by atoms with Crippen LogP contribution in [0.1, 0.15) is 10.4 Å². The van der Waals surface area contributed by atoms with Crippen LogP contribution in [0.2, 0.25) is 5.02 Å². The molecule has 0 N–H and O–H groups in total. The van der Waals surface area contributed by atoms with Gasteiger partial charge in [0.2, 0.25) is 0 Å². The predicted molar refractivity (Wildman–Crippen MR) is 83.8 cm³/mol. The van der Waals surface area contributed by atoms with E-state index < -0.39 is 0 Å². The van der Waals surface area contributed by atoms with Crippen LogP contribution >= 0.6 is 22.9 Å². The molecule has 0 fully saturated rings. The van der Waals surface area contributed by atoms with Crippen molar-refractivity contribution in [1.29, 1.82) is 0 Å². The summed E-state index contributed by atoms with van der Waals surface area (Å²) in [6.45, 7) is 0. The molecule has 0 radical (unpaired) electrons. The van der Waals surface area contributed by atoms with Crippen molar-refractivity contribution in [2.45, 2.75) is 0 Å². The molecule has 0 saturated heterocycles. The summed E-state index contributed by atoms with van der Waals surface area (Å²) in [6, 6.07) is 14.7. The number of anilines is 1. The van der Waals surface area contributed by atoms with Gasteiger partial charge in [-0.1, -0.05) is 35.1 Å². The average Bonchev–Trinajstić information content (AvgIpc) is 2.90. The second kappa shape index (κ2) is 5.23. The van der Waals surface area contributed by atoms with Crippen LogP contribution in [0.4, 0.5) is 5.13 Å². The first-order valence-electron chi connectivity index (χ1n) is 6.04. The zero-order valence-electron chi connectivity index (χ0n) is 10.7. The Labute approximate surface area is 125 Å². The molecule has 0 unspecified atom stereocenters. The summed E-state index contributed by atoms with van der Waals surface area (Å²) in [5, 5.41) is 1.30. The maximum atomic E-state index is 12.4. The minimum absolute atomic E-state index is 0.0966. The number of aromatic nitrogens is 1. The Morgan fingerprint density at radius 1 is 1.15 bits per heavy atom. The van der Waals surface area contributed by atoms with E-state index in [0.717, 1.165) is 10.2 Å². The monoisotopic (exact) mass is 302 g/mol. The first-order chi connectivity index (χ1) is 9.65. The Kier molecular flexibility index (Phi) is 3.42. The molecule has 0 spiro atoms. The lowest BCUT2D eigenvalue weighted by Crippen LogP contribution is -2.25. The molecule has 1 amide bonds. The van der Waals surface area contributed by atoms with Crippen LogP contribution in [-0.2, 0) is 0 Å². The fourth-order valence-corrected chi connectivity index (χ4v) is 2.93. The van der Waals surface area contributed by atoms with Crippen LogP contribution in [0.5, 0.6) is 0 Å². The van der Waals surface area contributed by atoms with E-state index in [-0.39, 0.29) is 5.91 Å². The van der Waals surface area contributed by atoms with Crippen LogP contribution in [0.3, 0.4) is 0 Å². The Balaban J connectivity index is 1.93. The van der Waals surface area contributed by atoms with Gasteiger partial charge in [0, 0.05) is 17.6 Å². The highest BCUT2D eigenvalue weighted by molar-refractivity contribution is 7.22. The Hall–Kier alpha value is -1.91. The summed E-state index contributed by atoms with van der Waals surface area (Å²) in [4.78, 5) is 18.4. The fourth-order valence-electron chi connectivity index (χ4n) is 1.88. The number of carbonyl (C=O) groups is 1. The van der Waals surface area contributed by atoms with Crippen LogP contribution in [0.15, 0.2) is 48.5 Å². The molecule has 20 heavy (non-hydrogen) atoms. The second-order valence-corrected chi connectivity index (χ2v) is 5.78. The second-order valence-electron chi connectivity index (χ2n) is 4.34. The largest absolute Gasteiger partial charge is 0.287 e. The molecule has 0 atom stereocenters. The van der Waals surface area contributed by atoms with Gasteiger partial charge in [-0.2, -0.15) is 0 Å². The average molecular weight is 303 g/mol. The van der Waals surface area contributed by atoms with Crippen molar-refractivity contribution >= 4 is 44.2 Å². The third-order valence-corrected chi connectivity index (χ3v) is 4.33. The molecular weight excluding hydrogens is 292 g/mol. The molecule has 100 valence electrons. The summed E-state index contributed by atoms with van der Waals surface area (Å²) in [7, 11) is 1.73. The van der Waals surface area contributed by atoms with E-state index in [2.05, 4.69) is 4.98 Å². The van der Waals surface area contributed by atoms with E-state index in [4.69, 9.17) is 11.6 Å². The molecule has 0 bridgehead atoms. The number of amides is 1. The Morgan fingerprint density at radius 2 is 1.85 bits per heavy atom. The Morgan fingerprint density at radius 3 is 2.55 bits per heavy atom. The van der Waals surface area contributed by atoms with Gasteiger partial charge in [0.05, 0.1) is 10.2 Å². The zero-order chi connectivity index (χ0) is 14.1. The van der Waals surface area contributed by atoms with Gasteiger partial charge in [-0.25, -0.2) is 4.98 Å². The van der Waals surface area contributed by atoms with Crippen molar-refractivity contribution < 1.29 is 4.79 Å². The van der Waals surface area contributed by atoms with Gasteiger partial charge >= 0.3 is 0 Å². The van der Waals surface area contributed by atoms with Crippen molar-refractivity contribution in [1.82, 2.24) is 4.98 Å². The van der Waals surface area contributed by atoms with Gasteiger partial charge in [0.1, 0.15) is 0 Å². The number of nitrogens with zero attached hydrogens (tertiary/aromatic N) is 2. The molecule has 3 aromatic rings. The fraction of sp³-hybridized carbons (Fsp3) is 0.0667. The quantitative estimate of drug-likeness (QED) is 0.710. The number of benzene rings is 2. The smallest absolute Gasteiger partial charge is 0.259 e. The third-order valence-electron chi connectivity index (χ3n) is 2.97. The molecule has 0 saturated carbocycles. The summed E-state index contributed by atoms with van der Waals surface area (Å²) in [5.41, 5.74) is 1.50. The van der Waals surface area contributed by atoms with Crippen LogP contribution in [-0.4, -0.2) is 17.9 Å². The van der Waals surface area contributed by atoms with E-state index >= 15 is 0 Å². The van der Waals surface area contributed by atoms with Crippen LogP contribution < -0.4 is 4.90 Å². The topological polar surface area (TPSA) is 33.2 Å². The van der Waals surface area contributed by atoms with Crippen molar-refractivity contribution in [3.8, 4) is 0 Å². The van der Waals surface area contributed by atoms with E-state index in [9.17, 15) is 4.79 Å². The number of carbonyl (C=O) groups excluding carboxylic acids is 1. The third kappa shape index (κ3) is 2.40. The molecular formula is C15H11ClN2OS. The maximum absolute atomic E-state index is 12.4. The van der Waals surface area contributed by atoms with Gasteiger partial charge in [0.15, 0.2) is 5.13 Å². The number of rotatable bonds is 2. The highest BCUT2D eigenvalue weighted by atomic mass is 35.5. The number of hydrogen-bond acceptors (Lipinski definition) is 3. The van der Waals surface area contributed by atoms with Gasteiger partial charge in [-0.05, 0) is 36.4 Å². The highest BCUT2D eigenvalue weighted by Gasteiger charge is 2.16. The molecule has 3 nitrogen and oxygen atoms in total. The lowest BCUT2D eigenvalue weighted by atomic mass is 10.2. The van der Waals surface area contributed by atoms with Crippen molar-refractivity contribution in [3.05, 3.63) is 59.1 Å². The van der Waals surface area contributed by atoms with Gasteiger partial charge < -0.3 is 0 Å². The van der Waals surface area contributed by atoms with E-state index in [0.29, 0.717) is 15.7 Å². The highest BCUT2D eigenvalue weighted by Crippen LogP contribution is 2.28. The molecule has 5 heteroatoms. The molecule has 0 aliphatic heterocycles. The van der Waals surface area contributed by atoms with Crippen molar-refractivity contribution in [2.24, 2.45) is 0 Å². The summed E-state index contributed by atoms with van der Waals surface area (Å²) >= 11 is 7.33. The number of fused-ring (bicyclic) bond motifs is 1. The van der Waals surface area contributed by atoms with Gasteiger partial charge in [-0.3, -0.25) is 9.69 Å². The number of thiazole rings is 1. The normalized spacial score (nSPS) is 10.7. The predicted octanol–water partition coefficient (Wildman–Crippen LogP) is 4.23. The van der Waals surface area contributed by atoms with E-state index in [1.165, 1.54) is 11.3 Å². The number of halogens is 1. The van der Waals surface area contributed by atoms with E-state index in [1.54, 1.807) is 36.2 Å². The summed E-state index contributed by atoms with van der Waals surface area (Å²) in [5.74, 6) is -0.0966. The summed E-state index contributed by atoms with van der Waals surface area (Å²) < 4.78 is 1.07. The molecule has 2 aromatic carbocycles. The van der Waals surface area contributed by atoms with Crippen molar-refractivity contribution in [2.75, 3.05) is 11.9 Å². The minimum atomic E-state index is -0.0966. The summed E-state index contributed by atoms with van der Waals surface area (Å²) in [6.07, 6.45) is 0. The molecule has 0 aliphatic rings. The number of para-hydroxylation sites is 1. The van der Waals surface area contributed by atoms with Crippen molar-refractivity contribution in [3.63, 3.8) is 0 Å². The van der Waals surface area contributed by atoms with Crippen LogP contribution in [0, 0.1) is 0 Å². The standard InChI is InChI=1S/C15H11ClN2OS/c1-18(14(19)10-6-8-11(16)9-7-10)15-17-12-4-2-3-5-13(12)20-15/h2-9H,1H3. The minimum Gasteiger partial charge on any atom is -0.287 e. The zero-order valence-corrected chi connectivity index (χ0v) is 12.3. The molecule has 3 rings (SSSR count). The van der Waals surface area contributed by atoms with Gasteiger partial charge in [-0.15, -0.1) is 0 Å². The molecule has 0 aliphatic carbocycles. The first kappa shape index (κ1) is 13.1. The number of hydrogen-bond donors (Lipinski definition) is 0. The van der Waals surface area contributed by atoms with E-state index in [1.807, 2.05) is 24.3 Å². The SMILES string of the molecule is CN(C(=O)c1ccc(Cl)cc1)c1nc2ccccc2s1. The molecule has 1 heterocycles.